The van der Waals surface area contributed by atoms with Crippen LogP contribution in [0.5, 0.6) is 0 Å². The minimum Gasteiger partial charge on any atom is -0.460 e. The molecule has 0 spiro atoms. The van der Waals surface area contributed by atoms with Crippen molar-refractivity contribution in [3.05, 3.63) is 60.0 Å². The molecule has 0 fully saturated rings. The number of hydrogen-bond donors (Lipinski definition) is 1. The van der Waals surface area contributed by atoms with Gasteiger partial charge in [-0.15, -0.1) is 0 Å². The first-order chi connectivity index (χ1) is 10.8. The first-order valence-corrected chi connectivity index (χ1v) is 7.11. The molecule has 22 heavy (non-hydrogen) atoms. The Morgan fingerprint density at radius 2 is 2.18 bits per heavy atom. The topological polar surface area (TPSA) is 64.4 Å². The number of fused-ring (bicyclic) bond motifs is 1. The molecule has 112 valence electrons. The highest BCUT2D eigenvalue weighted by atomic mass is 16.5. The average Bonchev–Trinajstić information content (AvgIpc) is 2.99. The largest absolute Gasteiger partial charge is 0.460 e. The summed E-state index contributed by atoms with van der Waals surface area (Å²) < 4.78 is 10.5. The van der Waals surface area contributed by atoms with Crippen molar-refractivity contribution in [2.24, 2.45) is 0 Å². The summed E-state index contributed by atoms with van der Waals surface area (Å²) in [7, 11) is 0. The van der Waals surface area contributed by atoms with Gasteiger partial charge in [-0.1, -0.05) is 18.2 Å². The molecule has 2 heterocycles. The van der Waals surface area contributed by atoms with Crippen LogP contribution in [0.15, 0.2) is 53.1 Å². The van der Waals surface area contributed by atoms with Crippen LogP contribution < -0.4 is 5.32 Å². The van der Waals surface area contributed by atoms with Crippen LogP contribution in [0.2, 0.25) is 0 Å². The Kier molecular flexibility index (Phi) is 4.05. The SMILES string of the molecule is CCOC(=O)c1cc2c(CNc3ccccn3)cccc2o1. The quantitative estimate of drug-likeness (QED) is 0.728. The van der Waals surface area contributed by atoms with E-state index < -0.39 is 5.97 Å². The Morgan fingerprint density at radius 1 is 1.27 bits per heavy atom. The van der Waals surface area contributed by atoms with Gasteiger partial charge in [0.15, 0.2) is 0 Å². The lowest BCUT2D eigenvalue weighted by Crippen LogP contribution is -2.02. The van der Waals surface area contributed by atoms with E-state index in [4.69, 9.17) is 9.15 Å². The van der Waals surface area contributed by atoms with Gasteiger partial charge in [-0.25, -0.2) is 9.78 Å². The Hall–Kier alpha value is -2.82. The fraction of sp³-hybridized carbons (Fsp3) is 0.176. The number of furan rings is 1. The number of pyridine rings is 1. The number of carbonyl (C=O) groups is 1. The van der Waals surface area contributed by atoms with Crippen LogP contribution in [0, 0.1) is 0 Å². The third-order valence-electron chi connectivity index (χ3n) is 3.25. The zero-order chi connectivity index (χ0) is 15.4. The van der Waals surface area contributed by atoms with Crippen molar-refractivity contribution in [2.45, 2.75) is 13.5 Å². The van der Waals surface area contributed by atoms with Gasteiger partial charge in [-0.05, 0) is 36.8 Å². The van der Waals surface area contributed by atoms with Crippen molar-refractivity contribution in [1.82, 2.24) is 4.98 Å². The van der Waals surface area contributed by atoms with E-state index in [1.165, 1.54) is 0 Å². The van der Waals surface area contributed by atoms with Crippen molar-refractivity contribution in [3.63, 3.8) is 0 Å². The lowest BCUT2D eigenvalue weighted by Gasteiger charge is -2.05. The summed E-state index contributed by atoms with van der Waals surface area (Å²) in [5, 5.41) is 4.14. The zero-order valence-corrected chi connectivity index (χ0v) is 12.2. The second kappa shape index (κ2) is 6.30. The van der Waals surface area contributed by atoms with Crippen LogP contribution >= 0.6 is 0 Å². The number of rotatable bonds is 5. The summed E-state index contributed by atoms with van der Waals surface area (Å²) in [6.45, 7) is 2.68. The molecule has 0 aliphatic rings. The summed E-state index contributed by atoms with van der Waals surface area (Å²) in [5.41, 5.74) is 1.70. The molecule has 1 N–H and O–H groups in total. The minimum atomic E-state index is -0.442. The molecule has 0 radical (unpaired) electrons. The molecule has 5 heteroatoms. The van der Waals surface area contributed by atoms with Gasteiger partial charge < -0.3 is 14.5 Å². The lowest BCUT2D eigenvalue weighted by molar-refractivity contribution is 0.0492. The highest BCUT2D eigenvalue weighted by molar-refractivity contribution is 5.93. The van der Waals surface area contributed by atoms with E-state index in [0.29, 0.717) is 18.7 Å². The Morgan fingerprint density at radius 3 is 2.95 bits per heavy atom. The number of anilines is 1. The Bertz CT molecular complexity index is 781. The summed E-state index contributed by atoms with van der Waals surface area (Å²) in [5.74, 6) is 0.582. The van der Waals surface area contributed by atoms with Crippen molar-refractivity contribution in [1.29, 1.82) is 0 Å². The van der Waals surface area contributed by atoms with Crippen molar-refractivity contribution >= 4 is 22.8 Å². The molecule has 3 rings (SSSR count). The molecule has 0 unspecified atom stereocenters. The highest BCUT2D eigenvalue weighted by Crippen LogP contribution is 2.24. The predicted octanol–water partition coefficient (Wildman–Crippen LogP) is 3.62. The number of carbonyl (C=O) groups excluding carboxylic acids is 1. The van der Waals surface area contributed by atoms with E-state index in [-0.39, 0.29) is 5.76 Å². The first kappa shape index (κ1) is 14.1. The smallest absolute Gasteiger partial charge is 0.374 e. The fourth-order valence-electron chi connectivity index (χ4n) is 2.23. The Labute approximate surface area is 127 Å². The number of hydrogen-bond acceptors (Lipinski definition) is 5. The number of nitrogens with zero attached hydrogens (tertiary/aromatic N) is 1. The zero-order valence-electron chi connectivity index (χ0n) is 12.2. The molecule has 0 aliphatic carbocycles. The highest BCUT2D eigenvalue weighted by Gasteiger charge is 2.14. The van der Waals surface area contributed by atoms with E-state index in [9.17, 15) is 4.79 Å². The summed E-state index contributed by atoms with van der Waals surface area (Å²) in [6, 6.07) is 13.1. The van der Waals surface area contributed by atoms with E-state index in [1.54, 1.807) is 19.2 Å². The number of nitrogens with one attached hydrogen (secondary N) is 1. The number of benzene rings is 1. The van der Waals surface area contributed by atoms with E-state index in [2.05, 4.69) is 10.3 Å². The maximum Gasteiger partial charge on any atom is 0.374 e. The standard InChI is InChI=1S/C17H16N2O3/c1-2-21-17(20)15-10-13-12(6-5-7-14(13)22-15)11-19-16-8-3-4-9-18-16/h3-10H,2,11H2,1H3,(H,18,19). The molecule has 0 aliphatic heterocycles. The maximum atomic E-state index is 11.8. The van der Waals surface area contributed by atoms with E-state index >= 15 is 0 Å². The fourth-order valence-corrected chi connectivity index (χ4v) is 2.23. The van der Waals surface area contributed by atoms with Crippen molar-refractivity contribution in [3.8, 4) is 0 Å². The third kappa shape index (κ3) is 2.93. The van der Waals surface area contributed by atoms with Crippen LogP contribution in [-0.2, 0) is 11.3 Å². The molecule has 3 aromatic rings. The van der Waals surface area contributed by atoms with Crippen LogP contribution in [0.1, 0.15) is 23.0 Å². The van der Waals surface area contributed by atoms with Gasteiger partial charge in [0.25, 0.3) is 0 Å². The average molecular weight is 296 g/mol. The van der Waals surface area contributed by atoms with Gasteiger partial charge in [-0.3, -0.25) is 0 Å². The summed E-state index contributed by atoms with van der Waals surface area (Å²) in [4.78, 5) is 16.0. The molecule has 0 saturated carbocycles. The number of esters is 1. The van der Waals surface area contributed by atoms with E-state index in [1.807, 2.05) is 36.4 Å². The van der Waals surface area contributed by atoms with Crippen LogP contribution in [0.3, 0.4) is 0 Å². The molecule has 0 atom stereocenters. The lowest BCUT2D eigenvalue weighted by atomic mass is 10.1. The van der Waals surface area contributed by atoms with Crippen molar-refractivity contribution in [2.75, 3.05) is 11.9 Å². The summed E-state index contributed by atoms with van der Waals surface area (Å²) in [6.07, 6.45) is 1.74. The van der Waals surface area contributed by atoms with Gasteiger partial charge in [0.1, 0.15) is 11.4 Å². The third-order valence-corrected chi connectivity index (χ3v) is 3.25. The molecule has 2 aromatic heterocycles. The van der Waals surface area contributed by atoms with E-state index in [0.717, 1.165) is 16.8 Å². The van der Waals surface area contributed by atoms with Crippen LogP contribution in [0.25, 0.3) is 11.0 Å². The van der Waals surface area contributed by atoms with Crippen molar-refractivity contribution < 1.29 is 13.9 Å². The number of ether oxygens (including phenoxy) is 1. The first-order valence-electron chi connectivity index (χ1n) is 7.11. The second-order valence-electron chi connectivity index (χ2n) is 4.73. The van der Waals surface area contributed by atoms with Gasteiger partial charge >= 0.3 is 5.97 Å². The van der Waals surface area contributed by atoms with Crippen LogP contribution in [-0.4, -0.2) is 17.6 Å². The molecule has 5 nitrogen and oxygen atoms in total. The molecular formula is C17H16N2O3. The molecule has 0 bridgehead atoms. The van der Waals surface area contributed by atoms with Gasteiger partial charge in [0.05, 0.1) is 6.61 Å². The Balaban J connectivity index is 1.85. The molecular weight excluding hydrogens is 280 g/mol. The maximum absolute atomic E-state index is 11.8. The predicted molar refractivity (Wildman–Crippen MR) is 83.7 cm³/mol. The number of aromatic nitrogens is 1. The molecule has 0 amide bonds. The second-order valence-corrected chi connectivity index (χ2v) is 4.73. The monoisotopic (exact) mass is 296 g/mol. The normalized spacial score (nSPS) is 10.6. The molecule has 1 aromatic carbocycles. The van der Waals surface area contributed by atoms with Gasteiger partial charge in [0.2, 0.25) is 5.76 Å². The molecule has 0 saturated heterocycles. The van der Waals surface area contributed by atoms with Gasteiger partial charge in [-0.2, -0.15) is 0 Å². The van der Waals surface area contributed by atoms with Crippen LogP contribution in [0.4, 0.5) is 5.82 Å². The minimum absolute atomic E-state index is 0.224. The summed E-state index contributed by atoms with van der Waals surface area (Å²) >= 11 is 0. The van der Waals surface area contributed by atoms with Gasteiger partial charge in [0, 0.05) is 18.1 Å².